The molecular formula is C17H28N2O2. The molecule has 0 aliphatic carbocycles. The quantitative estimate of drug-likeness (QED) is 0.907. The average Bonchev–Trinajstić information content (AvgIpc) is 2.34. The molecular weight excluding hydrogens is 264 g/mol. The van der Waals surface area contributed by atoms with E-state index in [4.69, 9.17) is 10.5 Å². The van der Waals surface area contributed by atoms with E-state index in [2.05, 4.69) is 6.07 Å². The number of hydrogen-bond acceptors (Lipinski definition) is 3. The zero-order chi connectivity index (χ0) is 16.2. The van der Waals surface area contributed by atoms with Gasteiger partial charge in [-0.15, -0.1) is 0 Å². The summed E-state index contributed by atoms with van der Waals surface area (Å²) in [6.45, 7) is 11.0. The van der Waals surface area contributed by atoms with Gasteiger partial charge in [0.15, 0.2) is 0 Å². The second kappa shape index (κ2) is 6.94. The van der Waals surface area contributed by atoms with Crippen molar-refractivity contribution >= 4 is 5.91 Å². The molecule has 2 N–H and O–H groups in total. The summed E-state index contributed by atoms with van der Waals surface area (Å²) in [6, 6.07) is 5.60. The Labute approximate surface area is 128 Å². The van der Waals surface area contributed by atoms with Gasteiger partial charge in [-0.3, -0.25) is 4.79 Å². The van der Waals surface area contributed by atoms with Gasteiger partial charge >= 0.3 is 0 Å². The van der Waals surface area contributed by atoms with Crippen LogP contribution in [-0.2, 0) is 4.79 Å². The third-order valence-corrected chi connectivity index (χ3v) is 3.47. The highest BCUT2D eigenvalue weighted by Crippen LogP contribution is 2.19. The second-order valence-electron chi connectivity index (χ2n) is 6.78. The van der Waals surface area contributed by atoms with Crippen LogP contribution in [0.5, 0.6) is 5.75 Å². The summed E-state index contributed by atoms with van der Waals surface area (Å²) < 4.78 is 5.72. The van der Waals surface area contributed by atoms with Crippen LogP contribution in [-0.4, -0.2) is 37.0 Å². The lowest BCUT2D eigenvalue weighted by Gasteiger charge is -2.30. The van der Waals surface area contributed by atoms with Gasteiger partial charge < -0.3 is 15.4 Å². The zero-order valence-electron chi connectivity index (χ0n) is 14.1. The molecule has 4 heteroatoms. The van der Waals surface area contributed by atoms with E-state index in [-0.39, 0.29) is 11.3 Å². The number of ether oxygens (including phenoxy) is 1. The molecule has 0 spiro atoms. The molecule has 21 heavy (non-hydrogen) atoms. The maximum absolute atomic E-state index is 12.2. The first-order valence-corrected chi connectivity index (χ1v) is 7.33. The molecule has 0 aliphatic rings. The van der Waals surface area contributed by atoms with Crippen molar-refractivity contribution in [1.82, 2.24) is 4.90 Å². The molecule has 1 aromatic rings. The monoisotopic (exact) mass is 292 g/mol. The van der Waals surface area contributed by atoms with Gasteiger partial charge in [-0.2, -0.15) is 0 Å². The van der Waals surface area contributed by atoms with E-state index in [1.54, 1.807) is 11.9 Å². The van der Waals surface area contributed by atoms with E-state index in [1.165, 1.54) is 11.1 Å². The lowest BCUT2D eigenvalue weighted by atomic mass is 9.86. The summed E-state index contributed by atoms with van der Waals surface area (Å²) in [4.78, 5) is 13.8. The molecule has 0 bridgehead atoms. The van der Waals surface area contributed by atoms with Crippen molar-refractivity contribution in [2.24, 2.45) is 11.1 Å². The SMILES string of the molecule is Cc1cc(C)cc(OCCN(C)C(=O)C(N)C(C)(C)C)c1. The molecule has 118 valence electrons. The Bertz CT molecular complexity index is 472. The zero-order valence-corrected chi connectivity index (χ0v) is 14.1. The van der Waals surface area contributed by atoms with Crippen LogP contribution in [0.15, 0.2) is 18.2 Å². The Hall–Kier alpha value is -1.55. The fraction of sp³-hybridized carbons (Fsp3) is 0.588. The van der Waals surface area contributed by atoms with Crippen molar-refractivity contribution in [1.29, 1.82) is 0 Å². The van der Waals surface area contributed by atoms with E-state index in [1.807, 2.05) is 46.8 Å². The van der Waals surface area contributed by atoms with E-state index >= 15 is 0 Å². The minimum atomic E-state index is -0.497. The first-order chi connectivity index (χ1) is 9.61. The molecule has 4 nitrogen and oxygen atoms in total. The molecule has 1 atom stereocenters. The number of benzene rings is 1. The average molecular weight is 292 g/mol. The van der Waals surface area contributed by atoms with Crippen LogP contribution in [0, 0.1) is 19.3 Å². The van der Waals surface area contributed by atoms with E-state index in [0.29, 0.717) is 13.2 Å². The third kappa shape index (κ3) is 5.38. The van der Waals surface area contributed by atoms with E-state index < -0.39 is 6.04 Å². The third-order valence-electron chi connectivity index (χ3n) is 3.47. The lowest BCUT2D eigenvalue weighted by molar-refractivity contribution is -0.133. The van der Waals surface area contributed by atoms with Crippen LogP contribution >= 0.6 is 0 Å². The topological polar surface area (TPSA) is 55.6 Å². The van der Waals surface area contributed by atoms with Gasteiger partial charge in [0.1, 0.15) is 12.4 Å². The van der Waals surface area contributed by atoms with E-state index in [9.17, 15) is 4.79 Å². The number of likely N-dealkylation sites (N-methyl/N-ethyl adjacent to an activating group) is 1. The maximum Gasteiger partial charge on any atom is 0.239 e. The van der Waals surface area contributed by atoms with Crippen molar-refractivity contribution in [2.45, 2.75) is 40.7 Å². The van der Waals surface area contributed by atoms with Crippen LogP contribution in [0.4, 0.5) is 0 Å². The highest BCUT2D eigenvalue weighted by Gasteiger charge is 2.29. The number of nitrogens with zero attached hydrogens (tertiary/aromatic N) is 1. The fourth-order valence-electron chi connectivity index (χ4n) is 2.03. The lowest BCUT2D eigenvalue weighted by Crippen LogP contribution is -2.49. The van der Waals surface area contributed by atoms with Crippen LogP contribution < -0.4 is 10.5 Å². The standard InChI is InChI=1S/C17H28N2O2/c1-12-9-13(2)11-14(10-12)21-8-7-19(6)16(20)15(18)17(3,4)5/h9-11,15H,7-8,18H2,1-6H3. The Balaban J connectivity index is 2.50. The Morgan fingerprint density at radius 3 is 2.24 bits per heavy atom. The van der Waals surface area contributed by atoms with Crippen molar-refractivity contribution in [3.05, 3.63) is 29.3 Å². The van der Waals surface area contributed by atoms with Crippen molar-refractivity contribution in [3.63, 3.8) is 0 Å². The highest BCUT2D eigenvalue weighted by molar-refractivity contribution is 5.82. The van der Waals surface area contributed by atoms with Gasteiger partial charge in [0.2, 0.25) is 5.91 Å². The first-order valence-electron chi connectivity index (χ1n) is 7.33. The summed E-state index contributed by atoms with van der Waals surface area (Å²) in [5, 5.41) is 0. The molecule has 0 radical (unpaired) electrons. The summed E-state index contributed by atoms with van der Waals surface area (Å²) in [5.74, 6) is 0.792. The number of rotatable bonds is 5. The summed E-state index contributed by atoms with van der Waals surface area (Å²) >= 11 is 0. The first kappa shape index (κ1) is 17.5. The minimum absolute atomic E-state index is 0.0495. The van der Waals surface area contributed by atoms with Gasteiger partial charge in [0.25, 0.3) is 0 Å². The minimum Gasteiger partial charge on any atom is -0.492 e. The number of hydrogen-bond donors (Lipinski definition) is 1. The smallest absolute Gasteiger partial charge is 0.239 e. The molecule has 1 unspecified atom stereocenters. The van der Waals surface area contributed by atoms with Crippen LogP contribution in [0.25, 0.3) is 0 Å². The number of nitrogens with two attached hydrogens (primary N) is 1. The molecule has 0 heterocycles. The van der Waals surface area contributed by atoms with Crippen molar-refractivity contribution in [3.8, 4) is 5.75 Å². The van der Waals surface area contributed by atoms with Gasteiger partial charge in [0, 0.05) is 7.05 Å². The summed E-state index contributed by atoms with van der Waals surface area (Å²) in [7, 11) is 1.76. The maximum atomic E-state index is 12.2. The molecule has 0 saturated carbocycles. The molecule has 0 aromatic heterocycles. The highest BCUT2D eigenvalue weighted by atomic mass is 16.5. The molecule has 0 aliphatic heterocycles. The van der Waals surface area contributed by atoms with Crippen molar-refractivity contribution < 1.29 is 9.53 Å². The molecule has 1 rings (SSSR count). The van der Waals surface area contributed by atoms with Crippen LogP contribution in [0.2, 0.25) is 0 Å². The number of carbonyl (C=O) groups is 1. The van der Waals surface area contributed by atoms with Gasteiger partial charge in [0.05, 0.1) is 12.6 Å². The molecule has 0 fully saturated rings. The number of amides is 1. The van der Waals surface area contributed by atoms with Crippen molar-refractivity contribution in [2.75, 3.05) is 20.2 Å². The normalized spacial score (nSPS) is 12.9. The number of carbonyl (C=O) groups excluding carboxylic acids is 1. The summed E-state index contributed by atoms with van der Waals surface area (Å²) in [6.07, 6.45) is 0. The fourth-order valence-corrected chi connectivity index (χ4v) is 2.03. The Kier molecular flexibility index (Phi) is 5.78. The largest absolute Gasteiger partial charge is 0.492 e. The van der Waals surface area contributed by atoms with Gasteiger partial charge in [-0.25, -0.2) is 0 Å². The predicted octanol–water partition coefficient (Wildman–Crippen LogP) is 2.51. The predicted molar refractivity (Wildman–Crippen MR) is 86.5 cm³/mol. The Morgan fingerprint density at radius 2 is 1.76 bits per heavy atom. The number of aryl methyl sites for hydroxylation is 2. The molecule has 0 saturated heterocycles. The van der Waals surface area contributed by atoms with Gasteiger partial charge in [-0.05, 0) is 42.5 Å². The van der Waals surface area contributed by atoms with Crippen LogP contribution in [0.1, 0.15) is 31.9 Å². The molecule has 1 amide bonds. The summed E-state index contributed by atoms with van der Waals surface area (Å²) in [5.41, 5.74) is 8.09. The second-order valence-corrected chi connectivity index (χ2v) is 6.78. The van der Waals surface area contributed by atoms with Gasteiger partial charge in [-0.1, -0.05) is 26.8 Å². The molecule has 1 aromatic carbocycles. The van der Waals surface area contributed by atoms with E-state index in [0.717, 1.165) is 5.75 Å². The Morgan fingerprint density at radius 1 is 1.24 bits per heavy atom. The van der Waals surface area contributed by atoms with Crippen LogP contribution in [0.3, 0.4) is 0 Å².